The maximum atomic E-state index is 10.4. The minimum absolute atomic E-state index is 0.0639. The van der Waals surface area contributed by atoms with Crippen LogP contribution in [0.15, 0.2) is 0 Å². The van der Waals surface area contributed by atoms with Gasteiger partial charge in [0.15, 0.2) is 5.66 Å². The molecule has 0 aliphatic rings. The molecule has 0 aromatic carbocycles. The Balaban J connectivity index is 4.01. The molecule has 14 heavy (non-hydrogen) atoms. The molecule has 1 unspecified atom stereocenters. The van der Waals surface area contributed by atoms with Crippen LogP contribution in [-0.2, 0) is 9.59 Å². The summed E-state index contributed by atoms with van der Waals surface area (Å²) >= 11 is 0. The molecule has 0 fully saturated rings. The van der Waals surface area contributed by atoms with Crippen molar-refractivity contribution in [2.75, 3.05) is 0 Å². The van der Waals surface area contributed by atoms with Crippen LogP contribution in [0, 0.1) is 0 Å². The van der Waals surface area contributed by atoms with E-state index in [9.17, 15) is 14.7 Å². The van der Waals surface area contributed by atoms with E-state index >= 15 is 0 Å². The lowest BCUT2D eigenvalue weighted by Gasteiger charge is -2.25. The second kappa shape index (κ2) is 4.89. The van der Waals surface area contributed by atoms with E-state index in [0.717, 1.165) is 0 Å². The number of hydrogen-bond donors (Lipinski definition) is 5. The zero-order valence-corrected chi connectivity index (χ0v) is 7.51. The monoisotopic (exact) mass is 206 g/mol. The Bertz CT molecular complexity index is 228. The van der Waals surface area contributed by atoms with Gasteiger partial charge in [-0.1, -0.05) is 0 Å². The Hall–Kier alpha value is -1.18. The van der Waals surface area contributed by atoms with Crippen LogP contribution < -0.4 is 11.5 Å². The molecule has 7 nitrogen and oxygen atoms in total. The first-order valence-corrected chi connectivity index (χ1v) is 3.99. The molecular formula is C7H14N2O5. The number of hydrogen-bond acceptors (Lipinski definition) is 5. The van der Waals surface area contributed by atoms with Gasteiger partial charge in [0, 0.05) is 6.42 Å². The van der Waals surface area contributed by atoms with E-state index in [1.807, 2.05) is 0 Å². The molecule has 0 heterocycles. The highest BCUT2D eigenvalue weighted by Crippen LogP contribution is 2.09. The standard InChI is InChI=1S/C7H14N2O5/c8-7(9,6(13)14)4(10)2-1-3-5(11)12/h4,10H,1-3,8-9H2,(H,11,12)(H,13,14). The number of carbonyl (C=O) groups is 2. The average Bonchev–Trinajstić information content (AvgIpc) is 2.02. The Morgan fingerprint density at radius 1 is 1.29 bits per heavy atom. The molecule has 0 aliphatic carbocycles. The maximum absolute atomic E-state index is 10.4. The first kappa shape index (κ1) is 12.8. The number of aliphatic hydroxyl groups excluding tert-OH is 1. The summed E-state index contributed by atoms with van der Waals surface area (Å²) < 4.78 is 0. The number of carboxylic acid groups (broad SMARTS) is 2. The van der Waals surface area contributed by atoms with Gasteiger partial charge >= 0.3 is 11.9 Å². The minimum atomic E-state index is -2.22. The molecule has 7 N–H and O–H groups in total. The summed E-state index contributed by atoms with van der Waals surface area (Å²) in [5.41, 5.74) is 7.98. The van der Waals surface area contributed by atoms with Crippen LogP contribution in [0.1, 0.15) is 19.3 Å². The molecule has 7 heteroatoms. The normalized spacial score (nSPS) is 13.6. The van der Waals surface area contributed by atoms with E-state index in [1.54, 1.807) is 0 Å². The Labute approximate surface area is 80.3 Å². The maximum Gasteiger partial charge on any atom is 0.341 e. The van der Waals surface area contributed by atoms with Crippen molar-refractivity contribution in [3.63, 3.8) is 0 Å². The minimum Gasteiger partial charge on any atom is -0.481 e. The van der Waals surface area contributed by atoms with Crippen LogP contribution in [0.5, 0.6) is 0 Å². The highest BCUT2D eigenvalue weighted by atomic mass is 16.4. The van der Waals surface area contributed by atoms with Crippen molar-refractivity contribution in [1.29, 1.82) is 0 Å². The first-order chi connectivity index (χ1) is 6.28. The van der Waals surface area contributed by atoms with Gasteiger partial charge in [0.25, 0.3) is 0 Å². The molecule has 0 spiro atoms. The lowest BCUT2D eigenvalue weighted by molar-refractivity contribution is -0.148. The first-order valence-electron chi connectivity index (χ1n) is 3.99. The predicted octanol–water partition coefficient (Wildman–Crippen LogP) is -1.70. The molecule has 0 amide bonds. The van der Waals surface area contributed by atoms with Crippen molar-refractivity contribution >= 4 is 11.9 Å². The fourth-order valence-electron chi connectivity index (χ4n) is 0.828. The Morgan fingerprint density at radius 3 is 2.14 bits per heavy atom. The van der Waals surface area contributed by atoms with Crippen molar-refractivity contribution in [1.82, 2.24) is 0 Å². The van der Waals surface area contributed by atoms with Crippen LogP contribution in [0.25, 0.3) is 0 Å². The van der Waals surface area contributed by atoms with E-state index in [4.69, 9.17) is 21.7 Å². The molecule has 0 aromatic rings. The van der Waals surface area contributed by atoms with E-state index in [0.29, 0.717) is 0 Å². The summed E-state index contributed by atoms with van der Waals surface area (Å²) in [6.07, 6.45) is -1.56. The van der Waals surface area contributed by atoms with E-state index < -0.39 is 23.7 Å². The zero-order chi connectivity index (χ0) is 11.4. The SMILES string of the molecule is NC(N)(C(=O)O)C(O)CCCC(=O)O. The van der Waals surface area contributed by atoms with Crippen LogP contribution in [0.2, 0.25) is 0 Å². The summed E-state index contributed by atoms with van der Waals surface area (Å²) in [7, 11) is 0. The molecule has 0 aliphatic heterocycles. The number of carboxylic acids is 2. The van der Waals surface area contributed by atoms with Gasteiger partial charge in [-0.3, -0.25) is 4.79 Å². The molecule has 0 saturated carbocycles. The average molecular weight is 206 g/mol. The van der Waals surface area contributed by atoms with Crippen molar-refractivity contribution < 1.29 is 24.9 Å². The number of nitrogens with two attached hydrogens (primary N) is 2. The summed E-state index contributed by atoms with van der Waals surface area (Å²) in [5, 5.41) is 26.0. The molecule has 0 radical (unpaired) electrons. The van der Waals surface area contributed by atoms with Crippen molar-refractivity contribution in [2.45, 2.75) is 31.0 Å². The Morgan fingerprint density at radius 2 is 1.79 bits per heavy atom. The van der Waals surface area contributed by atoms with Gasteiger partial charge in [0.05, 0.1) is 6.10 Å². The molecule has 82 valence electrons. The molecule has 1 atom stereocenters. The molecule has 0 aromatic heterocycles. The van der Waals surface area contributed by atoms with Crippen LogP contribution in [0.4, 0.5) is 0 Å². The molecule has 0 bridgehead atoms. The molecule has 0 saturated heterocycles. The second-order valence-corrected chi connectivity index (χ2v) is 3.04. The number of rotatable bonds is 6. The van der Waals surface area contributed by atoms with Crippen LogP contribution in [0.3, 0.4) is 0 Å². The largest absolute Gasteiger partial charge is 0.481 e. The van der Waals surface area contributed by atoms with Gasteiger partial charge in [-0.15, -0.1) is 0 Å². The van der Waals surface area contributed by atoms with Crippen LogP contribution >= 0.6 is 0 Å². The van der Waals surface area contributed by atoms with Gasteiger partial charge in [0.2, 0.25) is 0 Å². The lowest BCUT2D eigenvalue weighted by Crippen LogP contribution is -2.64. The fraction of sp³-hybridized carbons (Fsp3) is 0.714. The smallest absolute Gasteiger partial charge is 0.341 e. The van der Waals surface area contributed by atoms with Gasteiger partial charge in [-0.05, 0) is 12.8 Å². The summed E-state index contributed by atoms with van der Waals surface area (Å²) in [4.78, 5) is 20.5. The second-order valence-electron chi connectivity index (χ2n) is 3.04. The molecular weight excluding hydrogens is 192 g/mol. The quantitative estimate of drug-likeness (QED) is 0.325. The number of aliphatic carboxylic acids is 2. The molecule has 0 rings (SSSR count). The summed E-state index contributed by atoms with van der Waals surface area (Å²) in [6, 6.07) is 0. The van der Waals surface area contributed by atoms with E-state index in [2.05, 4.69) is 0 Å². The van der Waals surface area contributed by atoms with Crippen molar-refractivity contribution in [3.05, 3.63) is 0 Å². The van der Waals surface area contributed by atoms with Gasteiger partial charge in [-0.25, -0.2) is 4.79 Å². The van der Waals surface area contributed by atoms with Crippen LogP contribution in [-0.4, -0.2) is 39.0 Å². The third-order valence-corrected chi connectivity index (χ3v) is 1.79. The third kappa shape index (κ3) is 3.69. The van der Waals surface area contributed by atoms with Gasteiger partial charge in [-0.2, -0.15) is 0 Å². The van der Waals surface area contributed by atoms with Crippen molar-refractivity contribution in [2.24, 2.45) is 11.5 Å². The highest BCUT2D eigenvalue weighted by molar-refractivity contribution is 5.78. The van der Waals surface area contributed by atoms with E-state index in [-0.39, 0.29) is 19.3 Å². The lowest BCUT2D eigenvalue weighted by atomic mass is 10.00. The Kier molecular flexibility index (Phi) is 4.48. The van der Waals surface area contributed by atoms with E-state index in [1.165, 1.54) is 0 Å². The van der Waals surface area contributed by atoms with Gasteiger partial charge in [0.1, 0.15) is 0 Å². The topological polar surface area (TPSA) is 147 Å². The highest BCUT2D eigenvalue weighted by Gasteiger charge is 2.36. The van der Waals surface area contributed by atoms with Gasteiger partial charge < -0.3 is 26.8 Å². The zero-order valence-electron chi connectivity index (χ0n) is 7.51. The summed E-state index contributed by atoms with van der Waals surface area (Å²) in [6.45, 7) is 0. The summed E-state index contributed by atoms with van der Waals surface area (Å²) in [5.74, 6) is -2.55. The van der Waals surface area contributed by atoms with Crippen molar-refractivity contribution in [3.8, 4) is 0 Å². The third-order valence-electron chi connectivity index (χ3n) is 1.79. The fourth-order valence-corrected chi connectivity index (χ4v) is 0.828. The number of aliphatic hydroxyl groups is 1. The predicted molar refractivity (Wildman–Crippen MR) is 46.2 cm³/mol.